The molecular formula is C19H21N3O2. The third kappa shape index (κ3) is 2.87. The second-order valence-corrected chi connectivity index (χ2v) is 6.78. The van der Waals surface area contributed by atoms with Gasteiger partial charge in [-0.2, -0.15) is 0 Å². The van der Waals surface area contributed by atoms with Crippen LogP contribution in [0, 0.1) is 0 Å². The first-order valence-electron chi connectivity index (χ1n) is 8.30. The maximum absolute atomic E-state index is 11.7. The minimum atomic E-state index is -0.315. The molecule has 5 nitrogen and oxygen atoms in total. The molecule has 0 radical (unpaired) electrons. The third-order valence-electron chi connectivity index (χ3n) is 4.83. The molecule has 2 fully saturated rings. The number of carbonyl (C=O) groups excluding carboxylic acids is 1. The van der Waals surface area contributed by atoms with E-state index in [9.17, 15) is 4.79 Å². The van der Waals surface area contributed by atoms with Gasteiger partial charge in [0.15, 0.2) is 0 Å². The number of pyridine rings is 1. The molecule has 1 spiro atoms. The van der Waals surface area contributed by atoms with Crippen LogP contribution in [0.4, 0.5) is 4.79 Å². The number of likely N-dealkylation sites (tertiary alicyclic amines) is 1. The van der Waals surface area contributed by atoms with Crippen LogP contribution >= 0.6 is 0 Å². The summed E-state index contributed by atoms with van der Waals surface area (Å²) in [6.45, 7) is 3.31. The van der Waals surface area contributed by atoms with E-state index < -0.39 is 0 Å². The van der Waals surface area contributed by atoms with Crippen LogP contribution in [0.5, 0.6) is 0 Å². The summed E-state index contributed by atoms with van der Waals surface area (Å²) in [4.78, 5) is 20.1. The number of rotatable bonds is 3. The van der Waals surface area contributed by atoms with Gasteiger partial charge in [-0.05, 0) is 23.8 Å². The summed E-state index contributed by atoms with van der Waals surface area (Å²) < 4.78 is 5.62. The Bertz CT molecular complexity index is 749. The van der Waals surface area contributed by atoms with Crippen LogP contribution in [0.25, 0.3) is 11.3 Å². The molecule has 1 amide bonds. The molecule has 0 saturated carbocycles. The highest BCUT2D eigenvalue weighted by molar-refractivity contribution is 5.70. The van der Waals surface area contributed by atoms with Crippen molar-refractivity contribution < 1.29 is 9.53 Å². The zero-order chi connectivity index (χ0) is 16.6. The first-order valence-corrected chi connectivity index (χ1v) is 8.30. The van der Waals surface area contributed by atoms with E-state index in [1.807, 2.05) is 24.4 Å². The summed E-state index contributed by atoms with van der Waals surface area (Å²) in [6, 6.07) is 14.5. The molecule has 2 aliphatic heterocycles. The Hall–Kier alpha value is -2.40. The Labute approximate surface area is 141 Å². The highest BCUT2D eigenvalue weighted by atomic mass is 16.6. The Morgan fingerprint density at radius 2 is 2.12 bits per heavy atom. The van der Waals surface area contributed by atoms with E-state index in [1.165, 1.54) is 5.56 Å². The number of ether oxygens (including phenoxy) is 1. The standard InChI is InChI=1S/C19H21N3O2/c1-21-13-19(24-18(21)23)8-10-22(14-19)12-15-5-4-6-16(11-15)17-7-2-3-9-20-17/h2-7,9,11H,8,10,12-14H2,1H3. The minimum Gasteiger partial charge on any atom is -0.439 e. The van der Waals surface area contributed by atoms with Gasteiger partial charge in [0.2, 0.25) is 0 Å². The Balaban J connectivity index is 1.46. The lowest BCUT2D eigenvalue weighted by atomic mass is 10.0. The summed E-state index contributed by atoms with van der Waals surface area (Å²) in [5.41, 5.74) is 3.07. The van der Waals surface area contributed by atoms with E-state index in [0.717, 1.165) is 37.3 Å². The van der Waals surface area contributed by atoms with Crippen molar-refractivity contribution in [3.05, 3.63) is 54.2 Å². The van der Waals surface area contributed by atoms with Gasteiger partial charge in [0.05, 0.1) is 12.2 Å². The van der Waals surface area contributed by atoms with E-state index in [4.69, 9.17) is 4.74 Å². The Morgan fingerprint density at radius 1 is 1.21 bits per heavy atom. The number of benzene rings is 1. The molecule has 1 unspecified atom stereocenters. The van der Waals surface area contributed by atoms with Crippen molar-refractivity contribution in [2.75, 3.05) is 26.7 Å². The molecule has 0 aliphatic carbocycles. The quantitative estimate of drug-likeness (QED) is 0.871. The average molecular weight is 323 g/mol. The molecule has 0 bridgehead atoms. The highest BCUT2D eigenvalue weighted by Gasteiger charge is 2.48. The van der Waals surface area contributed by atoms with E-state index in [-0.39, 0.29) is 11.7 Å². The van der Waals surface area contributed by atoms with E-state index in [1.54, 1.807) is 11.9 Å². The molecule has 1 aromatic heterocycles. The average Bonchev–Trinajstić information content (AvgIpc) is 3.10. The fourth-order valence-electron chi connectivity index (χ4n) is 3.69. The van der Waals surface area contributed by atoms with E-state index in [2.05, 4.69) is 34.1 Å². The highest BCUT2D eigenvalue weighted by Crippen LogP contribution is 2.32. The van der Waals surface area contributed by atoms with Crippen LogP contribution in [0.3, 0.4) is 0 Å². The first-order chi connectivity index (χ1) is 11.6. The monoisotopic (exact) mass is 323 g/mol. The lowest BCUT2D eigenvalue weighted by Crippen LogP contribution is -2.37. The van der Waals surface area contributed by atoms with Crippen LogP contribution in [-0.4, -0.2) is 53.2 Å². The fourth-order valence-corrected chi connectivity index (χ4v) is 3.69. The van der Waals surface area contributed by atoms with Crippen molar-refractivity contribution in [1.82, 2.24) is 14.8 Å². The zero-order valence-corrected chi connectivity index (χ0v) is 13.8. The van der Waals surface area contributed by atoms with Crippen LogP contribution < -0.4 is 0 Å². The molecule has 2 aliphatic rings. The number of hydrogen-bond donors (Lipinski definition) is 0. The summed E-state index contributed by atoms with van der Waals surface area (Å²) in [5, 5.41) is 0. The van der Waals surface area contributed by atoms with Gasteiger partial charge in [-0.3, -0.25) is 9.88 Å². The predicted molar refractivity (Wildman–Crippen MR) is 91.4 cm³/mol. The van der Waals surface area contributed by atoms with E-state index >= 15 is 0 Å². The second kappa shape index (κ2) is 5.91. The van der Waals surface area contributed by atoms with Crippen molar-refractivity contribution in [3.63, 3.8) is 0 Å². The molecule has 124 valence electrons. The van der Waals surface area contributed by atoms with Gasteiger partial charge in [-0.15, -0.1) is 0 Å². The van der Waals surface area contributed by atoms with Crippen molar-refractivity contribution >= 4 is 6.09 Å². The Morgan fingerprint density at radius 3 is 2.88 bits per heavy atom. The van der Waals surface area contributed by atoms with Gasteiger partial charge < -0.3 is 9.64 Å². The van der Waals surface area contributed by atoms with E-state index in [0.29, 0.717) is 6.54 Å². The lowest BCUT2D eigenvalue weighted by molar-refractivity contribution is 0.0627. The summed E-state index contributed by atoms with van der Waals surface area (Å²) >= 11 is 0. The summed E-state index contributed by atoms with van der Waals surface area (Å²) in [5.74, 6) is 0. The second-order valence-electron chi connectivity index (χ2n) is 6.78. The van der Waals surface area contributed by atoms with Crippen molar-refractivity contribution in [2.24, 2.45) is 0 Å². The number of aromatic nitrogens is 1. The molecule has 24 heavy (non-hydrogen) atoms. The SMILES string of the molecule is CN1CC2(CCN(Cc3cccc(-c4ccccn4)c3)C2)OC1=O. The smallest absolute Gasteiger partial charge is 0.410 e. The fraction of sp³-hybridized carbons (Fsp3) is 0.368. The largest absolute Gasteiger partial charge is 0.439 e. The molecule has 2 saturated heterocycles. The van der Waals surface area contributed by atoms with Gasteiger partial charge in [0, 0.05) is 44.9 Å². The summed E-state index contributed by atoms with van der Waals surface area (Å²) in [7, 11) is 1.80. The molecule has 1 atom stereocenters. The van der Waals surface area contributed by atoms with Crippen LogP contribution in [0.2, 0.25) is 0 Å². The van der Waals surface area contributed by atoms with Gasteiger partial charge >= 0.3 is 6.09 Å². The Kier molecular flexibility index (Phi) is 3.73. The van der Waals surface area contributed by atoms with Crippen LogP contribution in [0.1, 0.15) is 12.0 Å². The molecule has 0 N–H and O–H groups in total. The number of hydrogen-bond acceptors (Lipinski definition) is 4. The van der Waals surface area contributed by atoms with Crippen molar-refractivity contribution in [2.45, 2.75) is 18.6 Å². The molecule has 2 aromatic rings. The van der Waals surface area contributed by atoms with Crippen LogP contribution in [0.15, 0.2) is 48.7 Å². The van der Waals surface area contributed by atoms with Gasteiger partial charge in [-0.25, -0.2) is 4.79 Å². The molecule has 4 rings (SSSR count). The molecule has 3 heterocycles. The minimum absolute atomic E-state index is 0.200. The maximum Gasteiger partial charge on any atom is 0.410 e. The predicted octanol–water partition coefficient (Wildman–Crippen LogP) is 2.78. The first kappa shape index (κ1) is 15.1. The normalized spacial score (nSPS) is 23.9. The number of likely N-dealkylation sites (N-methyl/N-ethyl adjacent to an activating group) is 1. The third-order valence-corrected chi connectivity index (χ3v) is 4.83. The van der Waals surface area contributed by atoms with Gasteiger partial charge in [0.1, 0.15) is 5.60 Å². The zero-order valence-electron chi connectivity index (χ0n) is 13.8. The number of nitrogens with zero attached hydrogens (tertiary/aromatic N) is 3. The number of carbonyl (C=O) groups is 1. The molecule has 1 aromatic carbocycles. The lowest BCUT2D eigenvalue weighted by Gasteiger charge is -2.22. The number of amides is 1. The maximum atomic E-state index is 11.7. The molecule has 5 heteroatoms. The topological polar surface area (TPSA) is 45.7 Å². The van der Waals surface area contributed by atoms with Gasteiger partial charge in [-0.1, -0.05) is 24.3 Å². The van der Waals surface area contributed by atoms with Crippen LogP contribution in [-0.2, 0) is 11.3 Å². The van der Waals surface area contributed by atoms with Crippen molar-refractivity contribution in [1.29, 1.82) is 0 Å². The summed E-state index contributed by atoms with van der Waals surface area (Å²) in [6.07, 6.45) is 2.52. The van der Waals surface area contributed by atoms with Gasteiger partial charge in [0.25, 0.3) is 0 Å². The molecular weight excluding hydrogens is 302 g/mol. The van der Waals surface area contributed by atoms with Crippen molar-refractivity contribution in [3.8, 4) is 11.3 Å².